The van der Waals surface area contributed by atoms with Crippen LogP contribution in [0.5, 0.6) is 0 Å². The minimum Gasteiger partial charge on any atom is -0.352 e. The second-order valence-corrected chi connectivity index (χ2v) is 7.19. The zero-order chi connectivity index (χ0) is 17.6. The van der Waals surface area contributed by atoms with Gasteiger partial charge in [0.25, 0.3) is 0 Å². The normalized spacial score (nSPS) is 11.6. The smallest absolute Gasteiger partial charge is 0.171 e. The predicted octanol–water partition coefficient (Wildman–Crippen LogP) is 5.83. The Balaban J connectivity index is 1.82. The van der Waals surface area contributed by atoms with E-state index in [1.54, 1.807) is 0 Å². The number of nitrogens with one attached hydrogen (secondary N) is 2. The van der Waals surface area contributed by atoms with E-state index in [4.69, 9.17) is 12.2 Å². The van der Waals surface area contributed by atoms with E-state index in [0.29, 0.717) is 5.11 Å². The van der Waals surface area contributed by atoms with Gasteiger partial charge in [0.15, 0.2) is 5.11 Å². The summed E-state index contributed by atoms with van der Waals surface area (Å²) in [6, 6.07) is 26.8. The predicted molar refractivity (Wildman–Crippen MR) is 113 cm³/mol. The van der Waals surface area contributed by atoms with E-state index in [-0.39, 0.29) is 6.04 Å². The fourth-order valence-electron chi connectivity index (χ4n) is 2.63. The Bertz CT molecular complexity index is 847. The van der Waals surface area contributed by atoms with E-state index in [1.165, 1.54) is 16.7 Å². The van der Waals surface area contributed by atoms with Crippen LogP contribution in [0.2, 0.25) is 0 Å². The van der Waals surface area contributed by atoms with Gasteiger partial charge in [0.05, 0.1) is 6.04 Å². The largest absolute Gasteiger partial charge is 0.352 e. The van der Waals surface area contributed by atoms with Crippen molar-refractivity contribution >= 4 is 38.9 Å². The zero-order valence-electron chi connectivity index (χ0n) is 13.9. The monoisotopic (exact) mass is 410 g/mol. The average molecular weight is 411 g/mol. The van der Waals surface area contributed by atoms with Gasteiger partial charge in [-0.3, -0.25) is 0 Å². The first kappa shape index (κ1) is 17.6. The first-order chi connectivity index (χ1) is 12.1. The van der Waals surface area contributed by atoms with E-state index in [1.807, 2.05) is 42.5 Å². The number of anilines is 1. The molecule has 25 heavy (non-hydrogen) atoms. The Labute approximate surface area is 162 Å². The lowest BCUT2D eigenvalue weighted by Crippen LogP contribution is -2.33. The van der Waals surface area contributed by atoms with Crippen molar-refractivity contribution in [3.63, 3.8) is 0 Å². The third kappa shape index (κ3) is 4.91. The maximum atomic E-state index is 5.54. The van der Waals surface area contributed by atoms with Gasteiger partial charge in [-0.2, -0.15) is 0 Å². The summed E-state index contributed by atoms with van der Waals surface area (Å²) in [5, 5.41) is 7.29. The van der Waals surface area contributed by atoms with E-state index in [9.17, 15) is 0 Å². The fourth-order valence-corrected chi connectivity index (χ4v) is 3.26. The van der Waals surface area contributed by atoms with E-state index >= 15 is 0 Å². The van der Waals surface area contributed by atoms with Crippen LogP contribution in [0.15, 0.2) is 83.3 Å². The highest BCUT2D eigenvalue weighted by molar-refractivity contribution is 9.10. The van der Waals surface area contributed by atoms with Crippen LogP contribution in [0.4, 0.5) is 5.69 Å². The molecule has 1 unspecified atom stereocenters. The molecule has 126 valence electrons. The van der Waals surface area contributed by atoms with Crippen molar-refractivity contribution in [2.75, 3.05) is 5.32 Å². The molecule has 0 bridgehead atoms. The van der Waals surface area contributed by atoms with Gasteiger partial charge in [-0.1, -0.05) is 82.2 Å². The molecule has 0 aliphatic rings. The summed E-state index contributed by atoms with van der Waals surface area (Å²) in [7, 11) is 0. The van der Waals surface area contributed by atoms with Crippen molar-refractivity contribution in [3.8, 4) is 0 Å². The van der Waals surface area contributed by atoms with E-state index < -0.39 is 0 Å². The quantitative estimate of drug-likeness (QED) is 0.528. The zero-order valence-corrected chi connectivity index (χ0v) is 16.3. The lowest BCUT2D eigenvalue weighted by molar-refractivity contribution is 0.768. The lowest BCUT2D eigenvalue weighted by atomic mass is 9.98. The molecule has 0 radical (unpaired) electrons. The molecule has 4 heteroatoms. The summed E-state index contributed by atoms with van der Waals surface area (Å²) in [6.45, 7) is 2.09. The second-order valence-electron chi connectivity index (χ2n) is 5.86. The molecular formula is C21H19BrN2S. The molecule has 3 aromatic rings. The van der Waals surface area contributed by atoms with Gasteiger partial charge in [0.1, 0.15) is 0 Å². The van der Waals surface area contributed by atoms with Crippen molar-refractivity contribution in [3.05, 3.63) is 100 Å². The standard InChI is InChI=1S/C21H19BrN2S/c1-15-10-12-17(13-11-15)20(16-6-3-2-4-7-16)24-21(25)23-19-9-5-8-18(22)14-19/h2-14,20H,1H3,(H2,23,24,25). The van der Waals surface area contributed by atoms with Crippen LogP contribution in [0, 0.1) is 6.92 Å². The molecule has 0 saturated heterocycles. The number of hydrogen-bond donors (Lipinski definition) is 2. The van der Waals surface area contributed by atoms with Crippen LogP contribution < -0.4 is 10.6 Å². The minimum atomic E-state index is -0.00560. The van der Waals surface area contributed by atoms with Crippen LogP contribution in [0.3, 0.4) is 0 Å². The van der Waals surface area contributed by atoms with Crippen LogP contribution in [0.1, 0.15) is 22.7 Å². The van der Waals surface area contributed by atoms with Gasteiger partial charge in [-0.25, -0.2) is 0 Å². The molecule has 3 aromatic carbocycles. The Hall–Kier alpha value is -2.17. The summed E-state index contributed by atoms with van der Waals surface area (Å²) >= 11 is 9.02. The molecule has 2 N–H and O–H groups in total. The molecule has 0 aliphatic heterocycles. The number of thiocarbonyl (C=S) groups is 1. The molecule has 0 fully saturated rings. The molecule has 0 aliphatic carbocycles. The van der Waals surface area contributed by atoms with Gasteiger partial charge < -0.3 is 10.6 Å². The highest BCUT2D eigenvalue weighted by Crippen LogP contribution is 2.23. The van der Waals surface area contributed by atoms with E-state index in [2.05, 4.69) is 69.9 Å². The maximum Gasteiger partial charge on any atom is 0.171 e. The minimum absolute atomic E-state index is 0.00560. The van der Waals surface area contributed by atoms with Gasteiger partial charge in [-0.05, 0) is 48.5 Å². The number of halogens is 1. The number of rotatable bonds is 4. The fraction of sp³-hybridized carbons (Fsp3) is 0.0952. The summed E-state index contributed by atoms with van der Waals surface area (Å²) in [6.07, 6.45) is 0. The van der Waals surface area contributed by atoms with Crippen molar-refractivity contribution in [1.82, 2.24) is 5.32 Å². The Morgan fingerprint density at radius 2 is 1.56 bits per heavy atom. The Morgan fingerprint density at radius 1 is 0.880 bits per heavy atom. The van der Waals surface area contributed by atoms with Crippen molar-refractivity contribution in [2.24, 2.45) is 0 Å². The second kappa shape index (κ2) is 8.28. The SMILES string of the molecule is Cc1ccc(C(NC(=S)Nc2cccc(Br)c2)c2ccccc2)cc1. The third-order valence-electron chi connectivity index (χ3n) is 3.90. The van der Waals surface area contributed by atoms with Gasteiger partial charge in [-0.15, -0.1) is 0 Å². The first-order valence-corrected chi connectivity index (χ1v) is 9.26. The number of benzene rings is 3. The van der Waals surface area contributed by atoms with Crippen LogP contribution in [-0.4, -0.2) is 5.11 Å². The number of hydrogen-bond acceptors (Lipinski definition) is 1. The Morgan fingerprint density at radius 3 is 2.24 bits per heavy atom. The third-order valence-corrected chi connectivity index (χ3v) is 4.61. The molecule has 0 aromatic heterocycles. The highest BCUT2D eigenvalue weighted by Gasteiger charge is 2.15. The topological polar surface area (TPSA) is 24.1 Å². The molecular weight excluding hydrogens is 392 g/mol. The van der Waals surface area contributed by atoms with Crippen LogP contribution >= 0.6 is 28.1 Å². The maximum absolute atomic E-state index is 5.54. The molecule has 0 heterocycles. The van der Waals surface area contributed by atoms with Gasteiger partial charge in [0.2, 0.25) is 0 Å². The average Bonchev–Trinajstić information content (AvgIpc) is 2.61. The van der Waals surface area contributed by atoms with E-state index in [0.717, 1.165) is 10.2 Å². The molecule has 0 amide bonds. The summed E-state index contributed by atoms with van der Waals surface area (Å²) in [4.78, 5) is 0. The molecule has 3 rings (SSSR count). The van der Waals surface area contributed by atoms with Crippen molar-refractivity contribution < 1.29 is 0 Å². The van der Waals surface area contributed by atoms with Crippen LogP contribution in [0.25, 0.3) is 0 Å². The van der Waals surface area contributed by atoms with Crippen LogP contribution in [-0.2, 0) is 0 Å². The number of aryl methyl sites for hydroxylation is 1. The van der Waals surface area contributed by atoms with Crippen molar-refractivity contribution in [2.45, 2.75) is 13.0 Å². The Kier molecular flexibility index (Phi) is 5.84. The highest BCUT2D eigenvalue weighted by atomic mass is 79.9. The molecule has 0 saturated carbocycles. The molecule has 2 nitrogen and oxygen atoms in total. The summed E-state index contributed by atoms with van der Waals surface area (Å²) < 4.78 is 1.01. The molecule has 1 atom stereocenters. The van der Waals surface area contributed by atoms with Gasteiger partial charge in [0, 0.05) is 10.2 Å². The summed E-state index contributed by atoms with van der Waals surface area (Å²) in [5.41, 5.74) is 4.54. The first-order valence-electron chi connectivity index (χ1n) is 8.06. The van der Waals surface area contributed by atoms with Gasteiger partial charge >= 0.3 is 0 Å². The lowest BCUT2D eigenvalue weighted by Gasteiger charge is -2.22. The summed E-state index contributed by atoms with van der Waals surface area (Å²) in [5.74, 6) is 0. The van der Waals surface area contributed by atoms with Crippen molar-refractivity contribution in [1.29, 1.82) is 0 Å². The molecule has 0 spiro atoms.